The van der Waals surface area contributed by atoms with E-state index in [9.17, 15) is 27.5 Å². The van der Waals surface area contributed by atoms with E-state index >= 15 is 0 Å². The number of oxazole rings is 2. The molecule has 0 amide bonds. The number of aliphatic hydroxyl groups is 1. The Kier molecular flexibility index (Phi) is 12.0. The number of halogens is 6. The summed E-state index contributed by atoms with van der Waals surface area (Å²) < 4.78 is 95.1. The van der Waals surface area contributed by atoms with E-state index in [2.05, 4.69) is 70.7 Å². The van der Waals surface area contributed by atoms with Gasteiger partial charge >= 0.3 is 12.6 Å². The molecule has 10 rings (SSSR count). The second-order valence-electron chi connectivity index (χ2n) is 14.3. The predicted octanol–water partition coefficient (Wildman–Crippen LogP) is 12.1. The summed E-state index contributed by atoms with van der Waals surface area (Å²) in [4.78, 5) is 28.9. The average molecular weight is 1040 g/mol. The molecule has 6 heterocycles. The lowest BCUT2D eigenvalue weighted by Gasteiger charge is -2.12. The van der Waals surface area contributed by atoms with Crippen molar-refractivity contribution in [1.29, 1.82) is 0 Å². The first-order chi connectivity index (χ1) is 31.9. The van der Waals surface area contributed by atoms with Gasteiger partial charge in [-0.1, -0.05) is 45.7 Å². The van der Waals surface area contributed by atoms with Gasteiger partial charge in [-0.05, 0) is 86.6 Å². The van der Waals surface area contributed by atoms with Crippen molar-refractivity contribution in [2.75, 3.05) is 0 Å². The number of fused-ring (bicyclic) bond motifs is 2. The van der Waals surface area contributed by atoms with Gasteiger partial charge in [-0.25, -0.2) is 19.9 Å². The molecule has 4 aromatic heterocycles. The number of aromatic nitrogens is 6. The molecule has 0 aliphatic carbocycles. The quantitative estimate of drug-likeness (QED) is 0.113. The van der Waals surface area contributed by atoms with Gasteiger partial charge in [0.2, 0.25) is 0 Å². The van der Waals surface area contributed by atoms with Crippen molar-refractivity contribution in [1.82, 2.24) is 29.1 Å². The molecular formula is C46H36Br2F4N6O8. The summed E-state index contributed by atoms with van der Waals surface area (Å²) >= 11 is 6.99. The zero-order chi connectivity index (χ0) is 47.9. The number of alkyl halides is 4. The highest BCUT2D eigenvalue weighted by molar-refractivity contribution is 9.10. The minimum absolute atomic E-state index is 0.0507. The number of aryl methyl sites for hydroxylation is 4. The number of aldehydes is 1. The fourth-order valence-electron chi connectivity index (χ4n) is 7.26. The van der Waals surface area contributed by atoms with Gasteiger partial charge in [-0.3, -0.25) is 4.79 Å². The number of aliphatic hydroxyl groups excluding tert-OH is 1. The standard InChI is InChI=1S/C22H16BrF2N3O4.C22H14BrF2N3O4.C2H6/c2*1-11-26-15(10-29)9-28(11)17-5-4-14(23)8-16(17)20-21(30-12(2)27-20)13-3-6-18-19(7-13)32-22(24,25)31-18;1-2/h3-9,29H,10H2,1-2H3;3-10H,1-2H3;1-2H3/i;;1D. The van der Waals surface area contributed by atoms with Gasteiger partial charge in [0.15, 0.2) is 52.6 Å². The van der Waals surface area contributed by atoms with E-state index in [1.807, 2.05) is 47.9 Å². The van der Waals surface area contributed by atoms with Crippen LogP contribution in [0.2, 0.25) is 0 Å². The van der Waals surface area contributed by atoms with Crippen LogP contribution in [0.3, 0.4) is 0 Å². The molecule has 20 heteroatoms. The van der Waals surface area contributed by atoms with Gasteiger partial charge in [0, 0.05) is 58.8 Å². The summed E-state index contributed by atoms with van der Waals surface area (Å²) in [5, 5.41) is 9.48. The topological polar surface area (TPSA) is 162 Å². The van der Waals surface area contributed by atoms with Gasteiger partial charge in [-0.15, -0.1) is 17.6 Å². The molecule has 2 aliphatic heterocycles. The van der Waals surface area contributed by atoms with Crippen molar-refractivity contribution in [2.24, 2.45) is 0 Å². The van der Waals surface area contributed by atoms with Crippen molar-refractivity contribution in [2.45, 2.75) is 60.7 Å². The third-order valence-corrected chi connectivity index (χ3v) is 10.8. The minimum Gasteiger partial charge on any atom is -0.440 e. The number of ether oxygens (including phenoxy) is 4. The van der Waals surface area contributed by atoms with Crippen LogP contribution in [-0.4, -0.2) is 53.1 Å². The third-order valence-electron chi connectivity index (χ3n) is 9.86. The Labute approximate surface area is 391 Å². The molecule has 0 saturated carbocycles. The zero-order valence-electron chi connectivity index (χ0n) is 36.3. The smallest absolute Gasteiger partial charge is 0.440 e. The van der Waals surface area contributed by atoms with Gasteiger partial charge in [0.25, 0.3) is 0 Å². The maximum Gasteiger partial charge on any atom is 0.586 e. The Morgan fingerprint density at radius 3 is 1.52 bits per heavy atom. The molecule has 2 aliphatic rings. The number of rotatable bonds is 8. The summed E-state index contributed by atoms with van der Waals surface area (Å²) in [6, 6.07) is 20.1. The summed E-state index contributed by atoms with van der Waals surface area (Å²) in [5.41, 5.74) is 5.72. The summed E-state index contributed by atoms with van der Waals surface area (Å²) in [7, 11) is 0. The van der Waals surface area contributed by atoms with E-state index in [0.717, 1.165) is 20.2 Å². The Morgan fingerprint density at radius 2 is 1.09 bits per heavy atom. The fraction of sp³-hybridized carbons (Fsp3) is 0.196. The molecule has 14 nitrogen and oxygen atoms in total. The van der Waals surface area contributed by atoms with Crippen LogP contribution in [0.5, 0.6) is 23.0 Å². The third kappa shape index (κ3) is 9.07. The van der Waals surface area contributed by atoms with Crippen LogP contribution in [0.1, 0.15) is 54.8 Å². The highest BCUT2D eigenvalue weighted by Crippen LogP contribution is 2.47. The molecule has 0 unspecified atom stereocenters. The normalized spacial score (nSPS) is 14.0. The largest absolute Gasteiger partial charge is 0.586 e. The molecule has 340 valence electrons. The first kappa shape index (κ1) is 44.4. The van der Waals surface area contributed by atoms with E-state index in [4.69, 9.17) is 10.2 Å². The number of nitrogens with zero attached hydrogens (tertiary/aromatic N) is 6. The molecule has 1 N–H and O–H groups in total. The van der Waals surface area contributed by atoms with E-state index < -0.39 is 12.6 Å². The predicted molar refractivity (Wildman–Crippen MR) is 238 cm³/mol. The monoisotopic (exact) mass is 1040 g/mol. The van der Waals surface area contributed by atoms with Crippen LogP contribution in [0.15, 0.2) is 103 Å². The lowest BCUT2D eigenvalue weighted by molar-refractivity contribution is -0.287. The number of carbonyl (C=O) groups excluding carboxylic acids is 1. The van der Waals surface area contributed by atoms with E-state index in [1.54, 1.807) is 56.8 Å². The summed E-state index contributed by atoms with van der Waals surface area (Å²) in [6.07, 6.45) is -3.37. The molecule has 0 spiro atoms. The zero-order valence-corrected chi connectivity index (χ0v) is 38.5. The van der Waals surface area contributed by atoms with Crippen LogP contribution in [-0.2, 0) is 6.61 Å². The minimum atomic E-state index is -3.71. The molecule has 0 bridgehead atoms. The van der Waals surface area contributed by atoms with Gasteiger partial charge in [0.05, 0.1) is 23.7 Å². The second kappa shape index (κ2) is 17.9. The lowest BCUT2D eigenvalue weighted by atomic mass is 10.0. The first-order valence-electron chi connectivity index (χ1n) is 20.4. The highest BCUT2D eigenvalue weighted by atomic mass is 79.9. The molecule has 66 heavy (non-hydrogen) atoms. The van der Waals surface area contributed by atoms with Crippen molar-refractivity contribution < 1.29 is 56.6 Å². The van der Waals surface area contributed by atoms with Crippen molar-refractivity contribution in [3.63, 3.8) is 0 Å². The molecule has 4 aromatic carbocycles. The van der Waals surface area contributed by atoms with Crippen LogP contribution >= 0.6 is 31.9 Å². The van der Waals surface area contributed by atoms with Gasteiger partial charge in [-0.2, -0.15) is 0 Å². The molecule has 0 atom stereocenters. The van der Waals surface area contributed by atoms with Crippen LogP contribution in [0, 0.1) is 27.7 Å². The van der Waals surface area contributed by atoms with E-state index in [-0.39, 0.29) is 29.6 Å². The van der Waals surface area contributed by atoms with Gasteiger partial charge in [0.1, 0.15) is 28.7 Å². The fourth-order valence-corrected chi connectivity index (χ4v) is 7.98. The number of hydrogen-bond acceptors (Lipinski definition) is 12. The van der Waals surface area contributed by atoms with Crippen molar-refractivity contribution in [3.8, 4) is 79.5 Å². The number of hydrogen-bond donors (Lipinski definition) is 1. The van der Waals surface area contributed by atoms with E-state index in [0.29, 0.717) is 93.3 Å². The SMILES string of the molecule is Cc1nc(-c2cc(Br)ccc2-n2cc(C=O)nc2C)c(-c2ccc3c(c2)OC(F)(F)O3)o1.Cc1nc(-c2cc(Br)ccc2-n2cc(CO)nc2C)c(-c2ccc3c(c2)OC(F)(F)O3)o1.[2H]CC. The average Bonchev–Trinajstić information content (AvgIpc) is 4.13. The summed E-state index contributed by atoms with van der Waals surface area (Å²) in [6.45, 7) is 9.12. The number of imidazole rings is 2. The first-order valence-corrected chi connectivity index (χ1v) is 21.3. The Morgan fingerprint density at radius 1 is 0.652 bits per heavy atom. The molecule has 0 fully saturated rings. The molecule has 8 aromatic rings. The van der Waals surface area contributed by atoms with Crippen molar-refractivity contribution >= 4 is 38.1 Å². The second-order valence-corrected chi connectivity index (χ2v) is 16.1. The lowest BCUT2D eigenvalue weighted by Crippen LogP contribution is -2.25. The number of benzene rings is 4. The number of carbonyl (C=O) groups is 1. The highest BCUT2D eigenvalue weighted by Gasteiger charge is 2.44. The Balaban J connectivity index is 0.000000172. The summed E-state index contributed by atoms with van der Waals surface area (Å²) in [5.74, 6) is 2.57. The Hall–Kier alpha value is -6.77. The maximum absolute atomic E-state index is 13.5. The van der Waals surface area contributed by atoms with Crippen molar-refractivity contribution in [3.05, 3.63) is 129 Å². The van der Waals surface area contributed by atoms with Crippen LogP contribution in [0.4, 0.5) is 17.6 Å². The van der Waals surface area contributed by atoms with Crippen LogP contribution < -0.4 is 18.9 Å². The Bertz CT molecular complexity index is 3170. The van der Waals surface area contributed by atoms with Crippen LogP contribution in [0.25, 0.3) is 56.5 Å². The van der Waals surface area contributed by atoms with Gasteiger partial charge < -0.3 is 42.0 Å². The molecule has 0 saturated heterocycles. The molecule has 0 radical (unpaired) electrons. The van der Waals surface area contributed by atoms with E-state index in [1.165, 1.54) is 24.3 Å². The molecular weight excluding hydrogens is 1000 g/mol. The maximum atomic E-state index is 13.5.